The highest BCUT2D eigenvalue weighted by atomic mass is 16.1. The number of para-hydroxylation sites is 1. The molecule has 0 radical (unpaired) electrons. The zero-order valence-electron chi connectivity index (χ0n) is 16.8. The molecule has 4 heteroatoms. The molecular formula is C23H25N3O. The first-order chi connectivity index (χ1) is 12.6. The summed E-state index contributed by atoms with van der Waals surface area (Å²) in [5, 5.41) is 2.24. The Morgan fingerprint density at radius 2 is 1.52 bits per heavy atom. The van der Waals surface area contributed by atoms with Gasteiger partial charge in [-0.15, -0.1) is 0 Å². The van der Waals surface area contributed by atoms with E-state index in [0.717, 1.165) is 27.8 Å². The summed E-state index contributed by atoms with van der Waals surface area (Å²) < 4.78 is 0. The smallest absolute Gasteiger partial charge is 0.199 e. The summed E-state index contributed by atoms with van der Waals surface area (Å²) in [7, 11) is 0. The normalized spacial score (nSPS) is 13.0. The highest BCUT2D eigenvalue weighted by Crippen LogP contribution is 2.32. The van der Waals surface area contributed by atoms with Crippen LogP contribution >= 0.6 is 0 Å². The second-order valence-corrected chi connectivity index (χ2v) is 9.28. The molecule has 0 saturated carbocycles. The Hall–Kier alpha value is -2.75. The molecule has 27 heavy (non-hydrogen) atoms. The van der Waals surface area contributed by atoms with Crippen LogP contribution < -0.4 is 5.43 Å². The number of fused-ring (bicyclic) bond motifs is 4. The van der Waals surface area contributed by atoms with Crippen LogP contribution in [0.3, 0.4) is 0 Å². The monoisotopic (exact) mass is 359 g/mol. The average molecular weight is 359 g/mol. The van der Waals surface area contributed by atoms with Crippen molar-refractivity contribution >= 4 is 32.8 Å². The third kappa shape index (κ3) is 2.80. The van der Waals surface area contributed by atoms with Gasteiger partial charge in [-0.1, -0.05) is 53.7 Å². The maximum absolute atomic E-state index is 13.3. The van der Waals surface area contributed by atoms with Gasteiger partial charge in [0, 0.05) is 32.8 Å². The maximum Gasteiger partial charge on any atom is 0.199 e. The van der Waals surface area contributed by atoms with E-state index in [9.17, 15) is 4.79 Å². The van der Waals surface area contributed by atoms with Gasteiger partial charge in [-0.05, 0) is 24.3 Å². The SMILES string of the molecule is CC(C)(C)c1ccc2c(n1)nc(C(C)(C)C)c1c(=O)c3ccccc3[nH]c12. The third-order valence-electron chi connectivity index (χ3n) is 4.99. The molecule has 0 aliphatic rings. The van der Waals surface area contributed by atoms with Crippen molar-refractivity contribution in [3.05, 3.63) is 58.0 Å². The lowest BCUT2D eigenvalue weighted by molar-refractivity contribution is 0.567. The molecule has 0 saturated heterocycles. The summed E-state index contributed by atoms with van der Waals surface area (Å²) in [6, 6.07) is 11.7. The molecule has 4 rings (SSSR count). The standard InChI is InChI=1S/C23H25N3O/c1-22(2,3)16-12-11-14-18-17(20(23(4,5)6)26-21(14)25-16)19(27)13-9-7-8-10-15(13)24-18/h7-12H,1-6H3,(H,24,27). The number of hydrogen-bond donors (Lipinski definition) is 1. The van der Waals surface area contributed by atoms with Crippen LogP contribution in [0.25, 0.3) is 32.8 Å². The molecule has 4 nitrogen and oxygen atoms in total. The van der Waals surface area contributed by atoms with Crippen LogP contribution in [0.4, 0.5) is 0 Å². The van der Waals surface area contributed by atoms with Gasteiger partial charge in [-0.25, -0.2) is 9.97 Å². The minimum atomic E-state index is -0.276. The van der Waals surface area contributed by atoms with Crippen LogP contribution in [0.2, 0.25) is 0 Å². The van der Waals surface area contributed by atoms with Gasteiger partial charge in [0.15, 0.2) is 11.1 Å². The Balaban J connectivity index is 2.26. The van der Waals surface area contributed by atoms with Crippen LogP contribution in [0.1, 0.15) is 52.9 Å². The molecule has 0 bridgehead atoms. The van der Waals surface area contributed by atoms with E-state index in [1.54, 1.807) is 0 Å². The van der Waals surface area contributed by atoms with Crippen LogP contribution in [-0.4, -0.2) is 15.0 Å². The average Bonchev–Trinajstić information content (AvgIpc) is 2.59. The number of aromatic nitrogens is 3. The maximum atomic E-state index is 13.3. The zero-order chi connectivity index (χ0) is 19.6. The van der Waals surface area contributed by atoms with Gasteiger partial charge in [-0.2, -0.15) is 0 Å². The fourth-order valence-electron chi connectivity index (χ4n) is 3.51. The Morgan fingerprint density at radius 1 is 0.815 bits per heavy atom. The van der Waals surface area contributed by atoms with E-state index in [4.69, 9.17) is 9.97 Å². The largest absolute Gasteiger partial charge is 0.354 e. The second kappa shape index (κ2) is 5.62. The second-order valence-electron chi connectivity index (χ2n) is 9.28. The van der Waals surface area contributed by atoms with Gasteiger partial charge in [0.2, 0.25) is 0 Å². The van der Waals surface area contributed by atoms with Gasteiger partial charge in [0.25, 0.3) is 0 Å². The van der Waals surface area contributed by atoms with Crippen LogP contribution in [0, 0.1) is 0 Å². The highest BCUT2D eigenvalue weighted by molar-refractivity contribution is 6.07. The van der Waals surface area contributed by atoms with Crippen LogP contribution in [0.5, 0.6) is 0 Å². The molecule has 0 spiro atoms. The number of nitrogens with one attached hydrogen (secondary N) is 1. The minimum Gasteiger partial charge on any atom is -0.354 e. The van der Waals surface area contributed by atoms with Crippen molar-refractivity contribution in [1.29, 1.82) is 0 Å². The lowest BCUT2D eigenvalue weighted by atomic mass is 9.87. The summed E-state index contributed by atoms with van der Waals surface area (Å²) in [6.07, 6.45) is 0. The predicted molar refractivity (Wildman–Crippen MR) is 113 cm³/mol. The summed E-state index contributed by atoms with van der Waals surface area (Å²) in [5.41, 5.74) is 3.80. The van der Waals surface area contributed by atoms with Crippen molar-refractivity contribution in [2.24, 2.45) is 0 Å². The third-order valence-corrected chi connectivity index (χ3v) is 4.99. The van der Waals surface area contributed by atoms with Gasteiger partial charge < -0.3 is 4.98 Å². The number of hydrogen-bond acceptors (Lipinski definition) is 3. The molecule has 0 aliphatic heterocycles. The van der Waals surface area contributed by atoms with E-state index in [1.165, 1.54) is 0 Å². The van der Waals surface area contributed by atoms with Crippen LogP contribution in [-0.2, 0) is 10.8 Å². The highest BCUT2D eigenvalue weighted by Gasteiger charge is 2.25. The molecule has 0 unspecified atom stereocenters. The predicted octanol–water partition coefficient (Wildman–Crippen LogP) is 5.22. The van der Waals surface area contributed by atoms with Crippen LogP contribution in [0.15, 0.2) is 41.2 Å². The van der Waals surface area contributed by atoms with Gasteiger partial charge in [-0.3, -0.25) is 4.79 Å². The van der Waals surface area contributed by atoms with Crippen molar-refractivity contribution in [3.8, 4) is 0 Å². The number of aromatic amines is 1. The first-order valence-electron chi connectivity index (χ1n) is 9.34. The summed E-state index contributed by atoms with van der Waals surface area (Å²) in [4.78, 5) is 26.6. The topological polar surface area (TPSA) is 58.6 Å². The van der Waals surface area contributed by atoms with Gasteiger partial charge >= 0.3 is 0 Å². The molecule has 0 aliphatic carbocycles. The van der Waals surface area contributed by atoms with Crippen molar-refractivity contribution in [2.75, 3.05) is 0 Å². The van der Waals surface area contributed by atoms with E-state index in [2.05, 4.69) is 46.5 Å². The van der Waals surface area contributed by atoms with Crippen molar-refractivity contribution in [3.63, 3.8) is 0 Å². The molecule has 3 aromatic heterocycles. The Labute approximate surface area is 158 Å². The van der Waals surface area contributed by atoms with Gasteiger partial charge in [0.05, 0.1) is 16.6 Å². The molecule has 1 N–H and O–H groups in total. The molecule has 0 amide bonds. The van der Waals surface area contributed by atoms with E-state index in [-0.39, 0.29) is 16.3 Å². The van der Waals surface area contributed by atoms with Crippen molar-refractivity contribution in [2.45, 2.75) is 52.4 Å². The Bertz CT molecular complexity index is 1250. The lowest BCUT2D eigenvalue weighted by Crippen LogP contribution is -2.20. The zero-order valence-corrected chi connectivity index (χ0v) is 16.8. The summed E-state index contributed by atoms with van der Waals surface area (Å²) in [6.45, 7) is 12.7. The molecular weight excluding hydrogens is 334 g/mol. The fraction of sp³-hybridized carbons (Fsp3) is 0.348. The molecule has 0 atom stereocenters. The number of rotatable bonds is 0. The van der Waals surface area contributed by atoms with Gasteiger partial charge in [0.1, 0.15) is 0 Å². The first kappa shape index (κ1) is 17.7. The lowest BCUT2D eigenvalue weighted by Gasteiger charge is -2.22. The number of pyridine rings is 3. The van der Waals surface area contributed by atoms with Crippen molar-refractivity contribution < 1.29 is 0 Å². The summed E-state index contributed by atoms with van der Waals surface area (Å²) >= 11 is 0. The molecule has 4 aromatic rings. The fourth-order valence-corrected chi connectivity index (χ4v) is 3.51. The van der Waals surface area contributed by atoms with E-state index in [1.807, 2.05) is 36.4 Å². The Kier molecular flexibility index (Phi) is 3.68. The first-order valence-corrected chi connectivity index (χ1v) is 9.34. The van der Waals surface area contributed by atoms with E-state index in [0.29, 0.717) is 16.4 Å². The Morgan fingerprint density at radius 3 is 2.19 bits per heavy atom. The molecule has 3 heterocycles. The minimum absolute atomic E-state index is 0.0265. The molecule has 1 aromatic carbocycles. The number of H-pyrrole nitrogens is 1. The summed E-state index contributed by atoms with van der Waals surface area (Å²) in [5.74, 6) is 0. The van der Waals surface area contributed by atoms with E-state index < -0.39 is 0 Å². The number of nitrogens with zero attached hydrogens (tertiary/aromatic N) is 2. The number of benzene rings is 1. The quantitative estimate of drug-likeness (QED) is 0.346. The van der Waals surface area contributed by atoms with Crippen molar-refractivity contribution in [1.82, 2.24) is 15.0 Å². The van der Waals surface area contributed by atoms with E-state index >= 15 is 0 Å². The molecule has 0 fully saturated rings. The molecule has 138 valence electrons.